The van der Waals surface area contributed by atoms with Crippen molar-refractivity contribution in [2.75, 3.05) is 14.2 Å². The van der Waals surface area contributed by atoms with Gasteiger partial charge in [-0.2, -0.15) is 0 Å². The normalized spacial score (nSPS) is 10.4. The number of benzene rings is 1. The molecular formula is C10H9F3O3. The number of hydrogen-bond donors (Lipinski definition) is 0. The standard InChI is InChI=1S/C10H9F3O3/c1-15-5-3-4-6(16-2)8(11)7(5)9(14)10(12)13/h3-4,10H,1-2H3. The number of halogens is 3. The monoisotopic (exact) mass is 234 g/mol. The molecule has 6 heteroatoms. The van der Waals surface area contributed by atoms with E-state index >= 15 is 0 Å². The molecule has 0 heterocycles. The van der Waals surface area contributed by atoms with Crippen molar-refractivity contribution in [2.24, 2.45) is 0 Å². The van der Waals surface area contributed by atoms with Gasteiger partial charge >= 0.3 is 6.43 Å². The minimum Gasteiger partial charge on any atom is -0.496 e. The summed E-state index contributed by atoms with van der Waals surface area (Å²) in [6.45, 7) is 0. The van der Waals surface area contributed by atoms with Crippen molar-refractivity contribution < 1.29 is 27.4 Å². The summed E-state index contributed by atoms with van der Waals surface area (Å²) in [5, 5.41) is 0. The first-order valence-electron chi connectivity index (χ1n) is 4.25. The molecule has 0 saturated heterocycles. The molecule has 0 fully saturated rings. The van der Waals surface area contributed by atoms with E-state index in [0.29, 0.717) is 0 Å². The number of methoxy groups -OCH3 is 2. The fourth-order valence-corrected chi connectivity index (χ4v) is 1.21. The molecule has 0 radical (unpaired) electrons. The van der Waals surface area contributed by atoms with Gasteiger partial charge in [0.25, 0.3) is 0 Å². The van der Waals surface area contributed by atoms with E-state index in [0.717, 1.165) is 7.11 Å². The summed E-state index contributed by atoms with van der Waals surface area (Å²) in [7, 11) is 2.32. The first kappa shape index (κ1) is 12.4. The third-order valence-electron chi connectivity index (χ3n) is 1.95. The molecule has 0 amide bonds. The smallest absolute Gasteiger partial charge is 0.300 e. The molecule has 0 bridgehead atoms. The van der Waals surface area contributed by atoms with Crippen LogP contribution in [0.2, 0.25) is 0 Å². The largest absolute Gasteiger partial charge is 0.496 e. The predicted octanol–water partition coefficient (Wildman–Crippen LogP) is 2.29. The van der Waals surface area contributed by atoms with Crippen molar-refractivity contribution in [3.63, 3.8) is 0 Å². The molecule has 88 valence electrons. The van der Waals surface area contributed by atoms with Crippen LogP contribution in [0.3, 0.4) is 0 Å². The Morgan fingerprint density at radius 2 is 1.69 bits per heavy atom. The summed E-state index contributed by atoms with van der Waals surface area (Å²) in [5.74, 6) is -3.31. The number of ether oxygens (including phenoxy) is 2. The molecule has 0 aromatic heterocycles. The Morgan fingerprint density at radius 3 is 2.12 bits per heavy atom. The van der Waals surface area contributed by atoms with E-state index in [9.17, 15) is 18.0 Å². The van der Waals surface area contributed by atoms with E-state index < -0.39 is 23.6 Å². The average molecular weight is 234 g/mol. The zero-order valence-electron chi connectivity index (χ0n) is 8.59. The topological polar surface area (TPSA) is 35.5 Å². The predicted molar refractivity (Wildman–Crippen MR) is 49.8 cm³/mol. The van der Waals surface area contributed by atoms with Crippen molar-refractivity contribution in [1.82, 2.24) is 0 Å². The van der Waals surface area contributed by atoms with Crippen LogP contribution in [0.5, 0.6) is 11.5 Å². The maximum absolute atomic E-state index is 13.6. The second-order valence-corrected chi connectivity index (χ2v) is 2.82. The van der Waals surface area contributed by atoms with Gasteiger partial charge in [-0.15, -0.1) is 0 Å². The summed E-state index contributed by atoms with van der Waals surface area (Å²) in [4.78, 5) is 11.1. The molecule has 16 heavy (non-hydrogen) atoms. The first-order valence-corrected chi connectivity index (χ1v) is 4.25. The Balaban J connectivity index is 3.37. The molecule has 0 aliphatic rings. The summed E-state index contributed by atoms with van der Waals surface area (Å²) >= 11 is 0. The van der Waals surface area contributed by atoms with Gasteiger partial charge in [0.15, 0.2) is 11.6 Å². The highest BCUT2D eigenvalue weighted by molar-refractivity contribution is 6.01. The lowest BCUT2D eigenvalue weighted by Gasteiger charge is -2.10. The second-order valence-electron chi connectivity index (χ2n) is 2.82. The highest BCUT2D eigenvalue weighted by Gasteiger charge is 2.27. The van der Waals surface area contributed by atoms with E-state index in [2.05, 4.69) is 9.47 Å². The van der Waals surface area contributed by atoms with Gasteiger partial charge in [-0.1, -0.05) is 0 Å². The number of Topliss-reactive ketones (excluding diaryl/α,β-unsaturated/α-hetero) is 1. The van der Waals surface area contributed by atoms with E-state index in [-0.39, 0.29) is 11.5 Å². The second kappa shape index (κ2) is 4.87. The summed E-state index contributed by atoms with van der Waals surface area (Å²) in [6.07, 6.45) is -3.30. The highest BCUT2D eigenvalue weighted by Crippen LogP contribution is 2.30. The summed E-state index contributed by atoms with van der Waals surface area (Å²) < 4.78 is 47.3. The summed E-state index contributed by atoms with van der Waals surface area (Å²) in [6, 6.07) is 2.38. The van der Waals surface area contributed by atoms with Crippen LogP contribution in [0.15, 0.2) is 12.1 Å². The minimum atomic E-state index is -3.30. The van der Waals surface area contributed by atoms with Crippen molar-refractivity contribution in [2.45, 2.75) is 6.43 Å². The summed E-state index contributed by atoms with van der Waals surface area (Å²) in [5.41, 5.74) is -0.795. The number of carbonyl (C=O) groups is 1. The molecule has 0 aliphatic carbocycles. The number of hydrogen-bond acceptors (Lipinski definition) is 3. The fourth-order valence-electron chi connectivity index (χ4n) is 1.21. The molecule has 0 aliphatic heterocycles. The number of ketones is 1. The van der Waals surface area contributed by atoms with E-state index in [1.54, 1.807) is 0 Å². The van der Waals surface area contributed by atoms with Gasteiger partial charge in [0, 0.05) is 0 Å². The lowest BCUT2D eigenvalue weighted by molar-refractivity contribution is 0.0670. The van der Waals surface area contributed by atoms with Crippen LogP contribution >= 0.6 is 0 Å². The van der Waals surface area contributed by atoms with Gasteiger partial charge in [-0.3, -0.25) is 4.79 Å². The van der Waals surface area contributed by atoms with Gasteiger partial charge in [-0.05, 0) is 12.1 Å². The van der Waals surface area contributed by atoms with E-state index in [4.69, 9.17) is 0 Å². The van der Waals surface area contributed by atoms with Gasteiger partial charge in [-0.25, -0.2) is 13.2 Å². The van der Waals surface area contributed by atoms with Crippen LogP contribution in [0.1, 0.15) is 10.4 Å². The molecule has 0 spiro atoms. The molecule has 0 unspecified atom stereocenters. The molecule has 0 N–H and O–H groups in total. The molecule has 1 aromatic rings. The van der Waals surface area contributed by atoms with E-state index in [1.807, 2.05) is 0 Å². The number of rotatable bonds is 4. The Bertz CT molecular complexity index is 405. The minimum absolute atomic E-state index is 0.247. The van der Waals surface area contributed by atoms with Crippen molar-refractivity contribution in [3.05, 3.63) is 23.5 Å². The first-order chi connectivity index (χ1) is 7.52. The van der Waals surface area contributed by atoms with Crippen LogP contribution in [-0.4, -0.2) is 26.4 Å². The van der Waals surface area contributed by atoms with Gasteiger partial charge in [0.2, 0.25) is 5.78 Å². The van der Waals surface area contributed by atoms with Gasteiger partial charge < -0.3 is 9.47 Å². The quantitative estimate of drug-likeness (QED) is 0.750. The van der Waals surface area contributed by atoms with Crippen LogP contribution in [0, 0.1) is 5.82 Å². The van der Waals surface area contributed by atoms with Crippen LogP contribution < -0.4 is 9.47 Å². The van der Waals surface area contributed by atoms with Crippen LogP contribution in [-0.2, 0) is 0 Å². The van der Waals surface area contributed by atoms with E-state index in [1.165, 1.54) is 19.2 Å². The maximum Gasteiger partial charge on any atom is 0.300 e. The lowest BCUT2D eigenvalue weighted by Crippen LogP contribution is -2.14. The van der Waals surface area contributed by atoms with Crippen LogP contribution in [0.4, 0.5) is 13.2 Å². The zero-order valence-corrected chi connectivity index (χ0v) is 8.59. The third kappa shape index (κ3) is 2.10. The highest BCUT2D eigenvalue weighted by atomic mass is 19.3. The van der Waals surface area contributed by atoms with Crippen molar-refractivity contribution in [1.29, 1.82) is 0 Å². The van der Waals surface area contributed by atoms with Gasteiger partial charge in [0.1, 0.15) is 11.3 Å². The molecule has 1 rings (SSSR count). The van der Waals surface area contributed by atoms with Crippen molar-refractivity contribution in [3.8, 4) is 11.5 Å². The Kier molecular flexibility index (Phi) is 3.76. The molecule has 0 atom stereocenters. The molecule has 0 saturated carbocycles. The Labute approximate surface area is 89.8 Å². The molecule has 1 aromatic carbocycles. The van der Waals surface area contributed by atoms with Crippen LogP contribution in [0.25, 0.3) is 0 Å². The van der Waals surface area contributed by atoms with Gasteiger partial charge in [0.05, 0.1) is 14.2 Å². The lowest BCUT2D eigenvalue weighted by atomic mass is 10.1. The fraction of sp³-hybridized carbons (Fsp3) is 0.300. The Hall–Kier alpha value is -1.72. The number of alkyl halides is 2. The SMILES string of the molecule is COc1ccc(OC)c(C(=O)C(F)F)c1F. The molecular weight excluding hydrogens is 225 g/mol. The Morgan fingerprint density at radius 1 is 1.19 bits per heavy atom. The zero-order chi connectivity index (χ0) is 12.3. The molecule has 3 nitrogen and oxygen atoms in total. The van der Waals surface area contributed by atoms with Crippen molar-refractivity contribution >= 4 is 5.78 Å². The maximum atomic E-state index is 13.6. The number of carbonyl (C=O) groups excluding carboxylic acids is 1. The average Bonchev–Trinajstić information content (AvgIpc) is 2.27. The third-order valence-corrected chi connectivity index (χ3v) is 1.95.